The highest BCUT2D eigenvalue weighted by Crippen LogP contribution is 2.24. The molecular formula is C21H28N6. The molecule has 1 atom stereocenters. The normalized spacial score (nSPS) is 16.9. The third-order valence-electron chi connectivity index (χ3n) is 5.13. The van der Waals surface area contributed by atoms with E-state index in [0.29, 0.717) is 12.0 Å². The van der Waals surface area contributed by atoms with Crippen LogP contribution in [0.5, 0.6) is 0 Å². The number of aromatic nitrogens is 3. The lowest BCUT2D eigenvalue weighted by Crippen LogP contribution is -2.29. The number of benzene rings is 1. The van der Waals surface area contributed by atoms with E-state index in [1.165, 1.54) is 24.0 Å². The Balaban J connectivity index is 1.60. The van der Waals surface area contributed by atoms with Gasteiger partial charge in [-0.05, 0) is 30.9 Å². The van der Waals surface area contributed by atoms with Gasteiger partial charge in [-0.15, -0.1) is 0 Å². The van der Waals surface area contributed by atoms with Gasteiger partial charge in [0.15, 0.2) is 5.65 Å². The Morgan fingerprint density at radius 2 is 2.07 bits per heavy atom. The molecule has 4 rings (SSSR count). The lowest BCUT2D eigenvalue weighted by Gasteiger charge is -2.15. The molecule has 1 aliphatic rings. The number of hydrogen-bond donors (Lipinski definition) is 3. The van der Waals surface area contributed by atoms with Gasteiger partial charge < -0.3 is 16.0 Å². The molecule has 1 saturated heterocycles. The molecule has 0 bridgehead atoms. The van der Waals surface area contributed by atoms with E-state index in [4.69, 9.17) is 4.98 Å². The minimum Gasteiger partial charge on any atom is -0.368 e. The van der Waals surface area contributed by atoms with E-state index < -0.39 is 0 Å². The summed E-state index contributed by atoms with van der Waals surface area (Å²) in [5.74, 6) is 2.23. The Hall–Kier alpha value is -2.60. The second-order valence-electron chi connectivity index (χ2n) is 7.53. The first-order valence-corrected chi connectivity index (χ1v) is 9.84. The molecule has 142 valence electrons. The van der Waals surface area contributed by atoms with Gasteiger partial charge in [0.1, 0.15) is 11.6 Å². The van der Waals surface area contributed by atoms with Gasteiger partial charge >= 0.3 is 0 Å². The highest BCUT2D eigenvalue weighted by molar-refractivity contribution is 5.61. The summed E-state index contributed by atoms with van der Waals surface area (Å²) in [6.07, 6.45) is 4.41. The first-order chi connectivity index (χ1) is 13.2. The van der Waals surface area contributed by atoms with Crippen molar-refractivity contribution >= 4 is 17.3 Å². The molecule has 1 aliphatic heterocycles. The first-order valence-electron chi connectivity index (χ1n) is 9.84. The molecule has 0 saturated carbocycles. The monoisotopic (exact) mass is 364 g/mol. The van der Waals surface area contributed by atoms with Crippen molar-refractivity contribution in [3.8, 4) is 0 Å². The van der Waals surface area contributed by atoms with Gasteiger partial charge in [0.2, 0.25) is 0 Å². The van der Waals surface area contributed by atoms with E-state index in [0.717, 1.165) is 36.9 Å². The predicted molar refractivity (Wildman–Crippen MR) is 110 cm³/mol. The SMILES string of the molecule is CC(C)c1cnn2c(NCc3ccccc3)cc(NCC3CCCN3)nc12. The maximum absolute atomic E-state index is 4.85. The van der Waals surface area contributed by atoms with Gasteiger partial charge in [-0.1, -0.05) is 44.2 Å². The molecule has 1 aromatic carbocycles. The van der Waals surface area contributed by atoms with Gasteiger partial charge in [-0.3, -0.25) is 0 Å². The summed E-state index contributed by atoms with van der Waals surface area (Å²) in [4.78, 5) is 4.85. The van der Waals surface area contributed by atoms with Crippen molar-refractivity contribution < 1.29 is 0 Å². The van der Waals surface area contributed by atoms with Crippen LogP contribution < -0.4 is 16.0 Å². The molecule has 1 unspecified atom stereocenters. The summed E-state index contributed by atoms with van der Waals surface area (Å²) in [6, 6.07) is 13.0. The molecule has 1 fully saturated rings. The molecule has 0 spiro atoms. The highest BCUT2D eigenvalue weighted by atomic mass is 15.3. The van der Waals surface area contributed by atoms with Crippen molar-refractivity contribution in [2.24, 2.45) is 0 Å². The average Bonchev–Trinajstić information content (AvgIpc) is 3.35. The Morgan fingerprint density at radius 1 is 1.22 bits per heavy atom. The predicted octanol–water partition coefficient (Wildman–Crippen LogP) is 3.63. The molecule has 3 N–H and O–H groups in total. The smallest absolute Gasteiger partial charge is 0.163 e. The fourth-order valence-corrected chi connectivity index (χ4v) is 3.55. The fraction of sp³-hybridized carbons (Fsp3) is 0.429. The second kappa shape index (κ2) is 7.96. The van der Waals surface area contributed by atoms with Gasteiger partial charge in [0.25, 0.3) is 0 Å². The van der Waals surface area contributed by atoms with Crippen LogP contribution in [0.1, 0.15) is 43.7 Å². The van der Waals surface area contributed by atoms with Crippen molar-refractivity contribution in [3.05, 3.63) is 53.7 Å². The van der Waals surface area contributed by atoms with Crippen LogP contribution in [-0.4, -0.2) is 33.7 Å². The first kappa shape index (κ1) is 17.8. The zero-order chi connectivity index (χ0) is 18.6. The highest BCUT2D eigenvalue weighted by Gasteiger charge is 2.16. The average molecular weight is 364 g/mol. The van der Waals surface area contributed by atoms with Crippen molar-refractivity contribution in [2.45, 2.75) is 45.2 Å². The Morgan fingerprint density at radius 3 is 2.81 bits per heavy atom. The minimum atomic E-state index is 0.378. The lowest BCUT2D eigenvalue weighted by atomic mass is 10.1. The third-order valence-corrected chi connectivity index (χ3v) is 5.13. The number of anilines is 2. The largest absolute Gasteiger partial charge is 0.368 e. The van der Waals surface area contributed by atoms with E-state index in [1.807, 2.05) is 16.8 Å². The molecule has 0 aliphatic carbocycles. The number of hydrogen-bond acceptors (Lipinski definition) is 5. The second-order valence-corrected chi connectivity index (χ2v) is 7.53. The van der Waals surface area contributed by atoms with Crippen LogP contribution >= 0.6 is 0 Å². The molecule has 6 nitrogen and oxygen atoms in total. The molecular weight excluding hydrogens is 336 g/mol. The van der Waals surface area contributed by atoms with Gasteiger partial charge in [-0.2, -0.15) is 9.61 Å². The lowest BCUT2D eigenvalue weighted by molar-refractivity contribution is 0.632. The number of fused-ring (bicyclic) bond motifs is 1. The topological polar surface area (TPSA) is 66.3 Å². The van der Waals surface area contributed by atoms with E-state index in [2.05, 4.69) is 65.2 Å². The van der Waals surface area contributed by atoms with Crippen molar-refractivity contribution in [2.75, 3.05) is 23.7 Å². The number of rotatable bonds is 7. The molecule has 2 aromatic heterocycles. The van der Waals surface area contributed by atoms with Crippen LogP contribution in [0.25, 0.3) is 5.65 Å². The van der Waals surface area contributed by atoms with Gasteiger partial charge in [0, 0.05) is 30.8 Å². The maximum atomic E-state index is 4.85. The fourth-order valence-electron chi connectivity index (χ4n) is 3.55. The van der Waals surface area contributed by atoms with Gasteiger partial charge in [-0.25, -0.2) is 4.98 Å². The quantitative estimate of drug-likeness (QED) is 0.597. The van der Waals surface area contributed by atoms with Crippen LogP contribution in [0, 0.1) is 0 Å². The Bertz CT molecular complexity index is 880. The van der Waals surface area contributed by atoms with Crippen LogP contribution in [0.4, 0.5) is 11.6 Å². The molecule has 3 heterocycles. The van der Waals surface area contributed by atoms with Crippen LogP contribution in [0.2, 0.25) is 0 Å². The summed E-state index contributed by atoms with van der Waals surface area (Å²) in [6.45, 7) is 7.12. The van der Waals surface area contributed by atoms with Crippen molar-refractivity contribution in [3.63, 3.8) is 0 Å². The van der Waals surface area contributed by atoms with E-state index in [9.17, 15) is 0 Å². The standard InChI is InChI=1S/C21H28N6/c1-15(2)18-14-25-27-20(24-12-16-7-4-3-5-8-16)11-19(26-21(18)27)23-13-17-9-6-10-22-17/h3-5,7-8,11,14-15,17,22,24H,6,9-10,12-13H2,1-2H3,(H,23,26). The van der Waals surface area contributed by atoms with Crippen LogP contribution in [0.15, 0.2) is 42.6 Å². The Labute approximate surface area is 160 Å². The number of nitrogens with one attached hydrogen (secondary N) is 3. The van der Waals surface area contributed by atoms with Crippen molar-refractivity contribution in [1.82, 2.24) is 19.9 Å². The molecule has 3 aromatic rings. The summed E-state index contributed by atoms with van der Waals surface area (Å²) >= 11 is 0. The van der Waals surface area contributed by atoms with E-state index in [-0.39, 0.29) is 0 Å². The summed E-state index contributed by atoms with van der Waals surface area (Å²) < 4.78 is 1.91. The molecule has 0 radical (unpaired) electrons. The maximum Gasteiger partial charge on any atom is 0.163 e. The minimum absolute atomic E-state index is 0.378. The molecule has 27 heavy (non-hydrogen) atoms. The summed E-state index contributed by atoms with van der Waals surface area (Å²) in [7, 11) is 0. The molecule has 6 heteroatoms. The van der Waals surface area contributed by atoms with Crippen LogP contribution in [0.3, 0.4) is 0 Å². The Kier molecular flexibility index (Phi) is 5.25. The summed E-state index contributed by atoms with van der Waals surface area (Å²) in [5, 5.41) is 15.2. The third kappa shape index (κ3) is 4.06. The number of nitrogens with zero attached hydrogens (tertiary/aromatic N) is 3. The zero-order valence-corrected chi connectivity index (χ0v) is 16.1. The zero-order valence-electron chi connectivity index (χ0n) is 16.1. The van der Waals surface area contributed by atoms with E-state index >= 15 is 0 Å². The molecule has 0 amide bonds. The van der Waals surface area contributed by atoms with Crippen LogP contribution in [-0.2, 0) is 6.54 Å². The van der Waals surface area contributed by atoms with Gasteiger partial charge in [0.05, 0.1) is 6.20 Å². The summed E-state index contributed by atoms with van der Waals surface area (Å²) in [5.41, 5.74) is 3.33. The van der Waals surface area contributed by atoms with Crippen molar-refractivity contribution in [1.29, 1.82) is 0 Å². The van der Waals surface area contributed by atoms with E-state index in [1.54, 1.807) is 0 Å².